The maximum atomic E-state index is 6.32. The smallest absolute Gasteiger partial charge is 0.135 e. The molecule has 0 spiro atoms. The van der Waals surface area contributed by atoms with Gasteiger partial charge in [-0.1, -0.05) is 177 Å². The summed E-state index contributed by atoms with van der Waals surface area (Å²) in [7, 11) is 0. The summed E-state index contributed by atoms with van der Waals surface area (Å²) >= 11 is 0. The molecule has 320 valence electrons. The Balaban J connectivity index is 0.997. The summed E-state index contributed by atoms with van der Waals surface area (Å²) in [5.41, 5.74) is 17.3. The SMILES string of the molecule is c1ccc(-n2c3ccccc3c3ccc(-c4ccc(N(c5ccccc5-c5ccc6oc7ccccc7c6c5)c5ccccc5-c5cccc6cccc(C7CCCCC7)c56)cc4)cc32)cc1. The van der Waals surface area contributed by atoms with E-state index in [4.69, 9.17) is 4.42 Å². The molecule has 0 amide bonds. The van der Waals surface area contributed by atoms with Crippen molar-refractivity contribution < 1.29 is 4.42 Å². The van der Waals surface area contributed by atoms with Crippen molar-refractivity contribution in [1.29, 1.82) is 0 Å². The summed E-state index contributed by atoms with van der Waals surface area (Å²) in [6, 6.07) is 82.4. The molecule has 1 fully saturated rings. The molecule has 13 rings (SSSR count). The van der Waals surface area contributed by atoms with Crippen LogP contribution < -0.4 is 4.90 Å². The highest BCUT2D eigenvalue weighted by molar-refractivity contribution is 6.11. The van der Waals surface area contributed by atoms with Gasteiger partial charge in [0.05, 0.1) is 22.4 Å². The van der Waals surface area contributed by atoms with E-state index in [0.29, 0.717) is 5.92 Å². The van der Waals surface area contributed by atoms with E-state index in [0.717, 1.165) is 55.8 Å². The van der Waals surface area contributed by atoms with Crippen LogP contribution in [0.15, 0.2) is 229 Å². The number of benzene rings is 10. The molecule has 3 heteroatoms. The standard InChI is InChI=1S/C64H48N2O/c1-3-17-44(18-4-1)51-27-15-19-45-20-16-28-56(64(45)51)53-25-9-13-31-60(53)65(58-29-11-7-23-50(58)47-36-40-63-57(41-47)55-26-10-14-32-62(55)67-63)49-37-33-43(34-38-49)46-35-39-54-52-24-8-12-30-59(52)66(61(54)42-46)48-21-5-2-6-22-48/h2,5-16,19-42,44H,1,3-4,17-18H2. The van der Waals surface area contributed by atoms with Crippen molar-refractivity contribution in [2.45, 2.75) is 38.0 Å². The molecule has 1 aliphatic rings. The molecule has 0 atom stereocenters. The number of anilines is 3. The normalized spacial score (nSPS) is 13.3. The minimum atomic E-state index is 0.567. The molecule has 0 aliphatic heterocycles. The van der Waals surface area contributed by atoms with Gasteiger partial charge in [0.2, 0.25) is 0 Å². The molecular weight excluding hydrogens is 813 g/mol. The molecule has 1 aliphatic carbocycles. The molecule has 10 aromatic carbocycles. The monoisotopic (exact) mass is 860 g/mol. The van der Waals surface area contributed by atoms with Gasteiger partial charge < -0.3 is 13.9 Å². The second-order valence-corrected chi connectivity index (χ2v) is 18.2. The van der Waals surface area contributed by atoms with E-state index < -0.39 is 0 Å². The maximum Gasteiger partial charge on any atom is 0.135 e. The van der Waals surface area contributed by atoms with Gasteiger partial charge in [-0.2, -0.15) is 0 Å². The van der Waals surface area contributed by atoms with Crippen molar-refractivity contribution in [1.82, 2.24) is 4.57 Å². The number of aromatic nitrogens is 1. The molecule has 2 aromatic heterocycles. The zero-order valence-electron chi connectivity index (χ0n) is 37.3. The Bertz CT molecular complexity index is 3790. The first kappa shape index (κ1) is 39.2. The van der Waals surface area contributed by atoms with Crippen LogP contribution in [0.3, 0.4) is 0 Å². The van der Waals surface area contributed by atoms with E-state index in [2.05, 4.69) is 228 Å². The number of hydrogen-bond acceptors (Lipinski definition) is 2. The van der Waals surface area contributed by atoms with Crippen LogP contribution in [0, 0.1) is 0 Å². The van der Waals surface area contributed by atoms with Crippen LogP contribution in [0.4, 0.5) is 17.1 Å². The second-order valence-electron chi connectivity index (χ2n) is 18.2. The van der Waals surface area contributed by atoms with Crippen LogP contribution in [-0.4, -0.2) is 4.57 Å². The molecule has 0 radical (unpaired) electrons. The lowest BCUT2D eigenvalue weighted by Gasteiger charge is -2.31. The summed E-state index contributed by atoms with van der Waals surface area (Å²) in [5.74, 6) is 0.567. The quantitative estimate of drug-likeness (QED) is 0.152. The maximum absolute atomic E-state index is 6.32. The number of hydrogen-bond donors (Lipinski definition) is 0. The van der Waals surface area contributed by atoms with Gasteiger partial charge in [0.1, 0.15) is 11.2 Å². The average Bonchev–Trinajstić information content (AvgIpc) is 3.94. The molecule has 67 heavy (non-hydrogen) atoms. The third-order valence-electron chi connectivity index (χ3n) is 14.4. The van der Waals surface area contributed by atoms with Crippen molar-refractivity contribution in [3.05, 3.63) is 230 Å². The number of nitrogens with zero attached hydrogens (tertiary/aromatic N) is 2. The molecule has 12 aromatic rings. The first-order chi connectivity index (χ1) is 33.2. The van der Waals surface area contributed by atoms with Gasteiger partial charge in [-0.05, 0) is 124 Å². The summed E-state index contributed by atoms with van der Waals surface area (Å²) in [6.07, 6.45) is 6.43. The van der Waals surface area contributed by atoms with Crippen LogP contribution in [0.25, 0.3) is 93.6 Å². The van der Waals surface area contributed by atoms with Gasteiger partial charge in [0.25, 0.3) is 0 Å². The fourth-order valence-electron chi connectivity index (χ4n) is 11.3. The Kier molecular flexibility index (Phi) is 9.60. The average molecular weight is 861 g/mol. The summed E-state index contributed by atoms with van der Waals surface area (Å²) in [4.78, 5) is 2.49. The van der Waals surface area contributed by atoms with Crippen LogP contribution in [-0.2, 0) is 0 Å². The lowest BCUT2D eigenvalue weighted by Crippen LogP contribution is -2.12. The van der Waals surface area contributed by atoms with E-state index in [-0.39, 0.29) is 0 Å². The van der Waals surface area contributed by atoms with E-state index in [9.17, 15) is 0 Å². The highest BCUT2D eigenvalue weighted by Crippen LogP contribution is 2.48. The minimum Gasteiger partial charge on any atom is -0.456 e. The van der Waals surface area contributed by atoms with E-state index in [1.54, 1.807) is 0 Å². The molecule has 0 unspecified atom stereocenters. The van der Waals surface area contributed by atoms with Crippen molar-refractivity contribution in [3.63, 3.8) is 0 Å². The molecule has 1 saturated carbocycles. The van der Waals surface area contributed by atoms with Gasteiger partial charge in [-0.3, -0.25) is 0 Å². The Morgan fingerprint density at radius 1 is 0.403 bits per heavy atom. The van der Waals surface area contributed by atoms with E-state index in [1.165, 1.54) is 92.5 Å². The topological polar surface area (TPSA) is 21.3 Å². The zero-order chi connectivity index (χ0) is 44.3. The van der Waals surface area contributed by atoms with Gasteiger partial charge in [-0.15, -0.1) is 0 Å². The molecule has 3 nitrogen and oxygen atoms in total. The van der Waals surface area contributed by atoms with Crippen molar-refractivity contribution in [2.24, 2.45) is 0 Å². The lowest BCUT2D eigenvalue weighted by molar-refractivity contribution is 0.445. The number of furan rings is 1. The van der Waals surface area contributed by atoms with Gasteiger partial charge in [-0.25, -0.2) is 0 Å². The fourth-order valence-corrected chi connectivity index (χ4v) is 11.3. The Labute approximate surface area is 390 Å². The fraction of sp³-hybridized carbons (Fsp3) is 0.0938. The molecule has 2 heterocycles. The molecule has 0 saturated heterocycles. The van der Waals surface area contributed by atoms with Crippen molar-refractivity contribution in [3.8, 4) is 39.1 Å². The Morgan fingerprint density at radius 2 is 1.03 bits per heavy atom. The Hall–Kier alpha value is -8.14. The predicted molar refractivity (Wildman–Crippen MR) is 282 cm³/mol. The molecule has 0 N–H and O–H groups in total. The van der Waals surface area contributed by atoms with Crippen LogP contribution in [0.5, 0.6) is 0 Å². The van der Waals surface area contributed by atoms with Crippen molar-refractivity contribution in [2.75, 3.05) is 4.90 Å². The largest absolute Gasteiger partial charge is 0.456 e. The third kappa shape index (κ3) is 6.72. The summed E-state index contributed by atoms with van der Waals surface area (Å²) < 4.78 is 8.71. The van der Waals surface area contributed by atoms with Crippen LogP contribution in [0.2, 0.25) is 0 Å². The summed E-state index contributed by atoms with van der Waals surface area (Å²) in [5, 5.41) is 7.44. The minimum absolute atomic E-state index is 0.567. The molecular formula is C64H48N2O. The van der Waals surface area contributed by atoms with Gasteiger partial charge in [0.15, 0.2) is 0 Å². The first-order valence-electron chi connectivity index (χ1n) is 23.9. The van der Waals surface area contributed by atoms with Crippen molar-refractivity contribution >= 4 is 71.6 Å². The Morgan fingerprint density at radius 3 is 1.87 bits per heavy atom. The van der Waals surface area contributed by atoms with E-state index in [1.807, 2.05) is 6.07 Å². The van der Waals surface area contributed by atoms with E-state index >= 15 is 0 Å². The first-order valence-corrected chi connectivity index (χ1v) is 23.9. The third-order valence-corrected chi connectivity index (χ3v) is 14.4. The number of rotatable bonds is 8. The highest BCUT2D eigenvalue weighted by Gasteiger charge is 2.25. The second kappa shape index (κ2) is 16.4. The zero-order valence-corrected chi connectivity index (χ0v) is 37.3. The molecule has 0 bridgehead atoms. The number of fused-ring (bicyclic) bond motifs is 7. The summed E-state index contributed by atoms with van der Waals surface area (Å²) in [6.45, 7) is 0. The van der Waals surface area contributed by atoms with Gasteiger partial charge in [0, 0.05) is 44.0 Å². The van der Waals surface area contributed by atoms with Gasteiger partial charge >= 0.3 is 0 Å². The van der Waals surface area contributed by atoms with Crippen LogP contribution >= 0.6 is 0 Å². The lowest BCUT2D eigenvalue weighted by atomic mass is 9.80. The number of para-hydroxylation sites is 5. The highest BCUT2D eigenvalue weighted by atomic mass is 16.3. The predicted octanol–water partition coefficient (Wildman–Crippen LogP) is 18.4. The van der Waals surface area contributed by atoms with Crippen LogP contribution in [0.1, 0.15) is 43.6 Å².